The summed E-state index contributed by atoms with van der Waals surface area (Å²) < 4.78 is 10.4. The van der Waals surface area contributed by atoms with E-state index in [1.807, 2.05) is 11.3 Å². The number of fused-ring (bicyclic) bond motifs is 12. The SMILES string of the molecule is Cc1cc2c(cc1N1c3cc(-c4ccccc4)cc4c3B(c3oc5cc6c(cc5c31)C(C)(C)CCC6(C)C)N(c1cccc3sc5ccccc5c13)c1cc3ccccc3cc1-4)C(C)(C)CCC2(C)C. The zero-order valence-electron chi connectivity index (χ0n) is 42.0. The molecule has 0 saturated carbocycles. The molecule has 3 nitrogen and oxygen atoms in total. The van der Waals surface area contributed by atoms with E-state index in [-0.39, 0.29) is 28.5 Å². The van der Waals surface area contributed by atoms with E-state index >= 15 is 0 Å². The fraction of sp³-hybridized carbons (Fsp3) is 0.262. The van der Waals surface area contributed by atoms with Crippen molar-refractivity contribution < 1.29 is 4.42 Å². The van der Waals surface area contributed by atoms with Crippen LogP contribution in [-0.4, -0.2) is 6.85 Å². The van der Waals surface area contributed by atoms with Crippen LogP contribution in [0.1, 0.15) is 109 Å². The fourth-order valence-electron chi connectivity index (χ4n) is 13.4. The largest absolute Gasteiger partial charge is 0.466 e. The third kappa shape index (κ3) is 5.88. The van der Waals surface area contributed by atoms with E-state index in [4.69, 9.17) is 4.42 Å². The van der Waals surface area contributed by atoms with Crippen molar-refractivity contribution in [1.82, 2.24) is 0 Å². The highest BCUT2D eigenvalue weighted by Crippen LogP contribution is 2.56. The average Bonchev–Trinajstić information content (AvgIpc) is 3.93. The molecule has 0 saturated heterocycles. The average molecular weight is 927 g/mol. The molecule has 2 aliphatic heterocycles. The molecule has 0 bridgehead atoms. The molecule has 0 unspecified atom stereocenters. The Hall–Kier alpha value is -6.56. The molecule has 5 heteroatoms. The zero-order valence-corrected chi connectivity index (χ0v) is 42.8. The lowest BCUT2D eigenvalue weighted by Gasteiger charge is -2.46. The first-order valence-electron chi connectivity index (χ1n) is 25.6. The van der Waals surface area contributed by atoms with E-state index < -0.39 is 0 Å². The number of hydrogen-bond acceptors (Lipinski definition) is 4. The molecule has 2 aromatic heterocycles. The van der Waals surface area contributed by atoms with E-state index in [0.29, 0.717) is 0 Å². The van der Waals surface area contributed by atoms with E-state index in [1.54, 1.807) is 0 Å². The third-order valence-electron chi connectivity index (χ3n) is 17.6. The van der Waals surface area contributed by atoms with E-state index in [0.717, 1.165) is 36.2 Å². The minimum Gasteiger partial charge on any atom is -0.466 e. The Kier molecular flexibility index (Phi) is 8.64. The number of hydrogen-bond donors (Lipinski definition) is 0. The lowest BCUT2D eigenvalue weighted by Crippen LogP contribution is -2.61. The van der Waals surface area contributed by atoms with Crippen LogP contribution in [-0.2, 0) is 21.7 Å². The first kappa shape index (κ1) is 42.3. The van der Waals surface area contributed by atoms with Crippen LogP contribution >= 0.6 is 11.3 Å². The summed E-state index contributed by atoms with van der Waals surface area (Å²) in [6, 6.07) is 56.0. The molecule has 14 rings (SSSR count). The number of furan rings is 1. The van der Waals surface area contributed by atoms with Crippen LogP contribution < -0.4 is 20.8 Å². The fourth-order valence-corrected chi connectivity index (χ4v) is 14.5. The molecule has 10 aromatic rings. The molecule has 8 aromatic carbocycles. The second kappa shape index (κ2) is 14.3. The minimum atomic E-state index is -0.280. The first-order chi connectivity index (χ1) is 33.6. The molecule has 0 fully saturated rings. The van der Waals surface area contributed by atoms with Gasteiger partial charge in [0.1, 0.15) is 11.2 Å². The van der Waals surface area contributed by atoms with Gasteiger partial charge in [-0.05, 0) is 176 Å². The van der Waals surface area contributed by atoms with E-state index in [9.17, 15) is 0 Å². The Morgan fingerprint density at radius 2 is 1.10 bits per heavy atom. The summed E-state index contributed by atoms with van der Waals surface area (Å²) in [6.07, 6.45) is 4.61. The van der Waals surface area contributed by atoms with Gasteiger partial charge in [0.25, 0.3) is 0 Å². The summed E-state index contributed by atoms with van der Waals surface area (Å²) in [5.74, 6) is 0. The topological polar surface area (TPSA) is 19.6 Å². The summed E-state index contributed by atoms with van der Waals surface area (Å²) in [5.41, 5.74) is 21.4. The van der Waals surface area contributed by atoms with Gasteiger partial charge in [-0.15, -0.1) is 11.3 Å². The van der Waals surface area contributed by atoms with Crippen molar-refractivity contribution in [3.8, 4) is 22.3 Å². The lowest BCUT2D eigenvalue weighted by molar-refractivity contribution is 0.332. The van der Waals surface area contributed by atoms with E-state index in [2.05, 4.69) is 218 Å². The molecular formula is C65H59BN2OS. The molecule has 0 spiro atoms. The van der Waals surface area contributed by atoms with Crippen LogP contribution in [0.5, 0.6) is 0 Å². The summed E-state index contributed by atoms with van der Waals surface area (Å²) >= 11 is 1.89. The van der Waals surface area contributed by atoms with Crippen LogP contribution in [0.4, 0.5) is 28.4 Å². The van der Waals surface area contributed by atoms with Gasteiger partial charge < -0.3 is 14.1 Å². The van der Waals surface area contributed by atoms with Crippen LogP contribution in [0.25, 0.3) is 64.2 Å². The predicted octanol–water partition coefficient (Wildman–Crippen LogP) is 17.3. The van der Waals surface area contributed by atoms with Crippen molar-refractivity contribution in [2.45, 2.75) is 110 Å². The van der Waals surface area contributed by atoms with Crippen molar-refractivity contribution >= 4 is 99.7 Å². The summed E-state index contributed by atoms with van der Waals surface area (Å²) in [6.45, 7) is 21.7. The van der Waals surface area contributed by atoms with Gasteiger partial charge in [-0.3, -0.25) is 0 Å². The molecule has 0 atom stereocenters. The molecular weight excluding hydrogens is 868 g/mol. The van der Waals surface area contributed by atoms with Crippen molar-refractivity contribution in [2.75, 3.05) is 9.71 Å². The van der Waals surface area contributed by atoms with E-state index in [1.165, 1.54) is 121 Å². The smallest absolute Gasteiger partial charge is 0.375 e. The molecule has 0 radical (unpaired) electrons. The first-order valence-corrected chi connectivity index (χ1v) is 26.4. The summed E-state index contributed by atoms with van der Waals surface area (Å²) in [4.78, 5) is 5.36. The number of aryl methyl sites for hydroxylation is 1. The molecule has 70 heavy (non-hydrogen) atoms. The van der Waals surface area contributed by atoms with Crippen molar-refractivity contribution in [3.05, 3.63) is 173 Å². The van der Waals surface area contributed by atoms with Gasteiger partial charge in [0, 0.05) is 53.9 Å². The summed E-state index contributed by atoms with van der Waals surface area (Å²) in [5, 5.41) is 6.24. The van der Waals surface area contributed by atoms with Crippen molar-refractivity contribution in [2.24, 2.45) is 0 Å². The van der Waals surface area contributed by atoms with Gasteiger partial charge in [0.05, 0.1) is 5.69 Å². The highest BCUT2D eigenvalue weighted by atomic mass is 32.1. The third-order valence-corrected chi connectivity index (χ3v) is 18.8. The molecule has 2 aliphatic carbocycles. The van der Waals surface area contributed by atoms with Gasteiger partial charge in [-0.2, -0.15) is 0 Å². The maximum absolute atomic E-state index is 7.82. The standard InChI is InChI=1S/C65H59BN2OS/c1-38-30-47-49(64(6,7)28-26-62(47,2)3)36-52(38)67-54-34-42(39-18-11-10-12-19-39)32-45-44-31-40-20-13-14-21-41(40)33-53(44)68(51-23-17-25-57-58(51)43-22-15-16-24-56(43)70-57)66(59(45)54)61-60(67)46-35-48-50(37-55(46)69-61)65(8,9)29-27-63(48,4)5/h10-25,30-37H,26-29H2,1-9H3. The molecule has 344 valence electrons. The van der Waals surface area contributed by atoms with Gasteiger partial charge in [-0.25, -0.2) is 0 Å². The molecule has 0 N–H and O–H groups in total. The zero-order chi connectivity index (χ0) is 47.8. The number of thiophene rings is 1. The van der Waals surface area contributed by atoms with Gasteiger partial charge in [0.2, 0.25) is 0 Å². The Labute approximate surface area is 416 Å². The van der Waals surface area contributed by atoms with Crippen molar-refractivity contribution in [3.63, 3.8) is 0 Å². The van der Waals surface area contributed by atoms with Gasteiger partial charge in [0.15, 0.2) is 0 Å². The monoisotopic (exact) mass is 926 g/mol. The maximum atomic E-state index is 7.82. The normalized spacial score (nSPS) is 17.9. The van der Waals surface area contributed by atoms with Crippen LogP contribution in [0.2, 0.25) is 0 Å². The van der Waals surface area contributed by atoms with Crippen LogP contribution in [0, 0.1) is 6.92 Å². The molecule has 4 aliphatic rings. The second-order valence-corrected chi connectivity index (χ2v) is 24.9. The van der Waals surface area contributed by atoms with Gasteiger partial charge in [-0.1, -0.05) is 140 Å². The van der Waals surface area contributed by atoms with Crippen LogP contribution in [0.3, 0.4) is 0 Å². The Bertz CT molecular complexity index is 3890. The summed E-state index contributed by atoms with van der Waals surface area (Å²) in [7, 11) is 0. The maximum Gasteiger partial charge on any atom is 0.375 e. The predicted molar refractivity (Wildman–Crippen MR) is 301 cm³/mol. The number of nitrogens with zero attached hydrogens (tertiary/aromatic N) is 2. The lowest BCUT2D eigenvalue weighted by atomic mass is 9.45. The van der Waals surface area contributed by atoms with Crippen LogP contribution in [0.15, 0.2) is 150 Å². The number of benzene rings is 8. The Balaban J connectivity index is 1.18. The highest BCUT2D eigenvalue weighted by Gasteiger charge is 2.51. The quantitative estimate of drug-likeness (QED) is 0.165. The molecule has 4 heterocycles. The minimum absolute atomic E-state index is 0.0120. The number of rotatable bonds is 3. The second-order valence-electron chi connectivity index (χ2n) is 23.8. The highest BCUT2D eigenvalue weighted by molar-refractivity contribution is 7.26. The Morgan fingerprint density at radius 1 is 0.486 bits per heavy atom. The van der Waals surface area contributed by atoms with Gasteiger partial charge >= 0.3 is 6.85 Å². The molecule has 0 amide bonds. The number of anilines is 5. The van der Waals surface area contributed by atoms with Crippen molar-refractivity contribution in [1.29, 1.82) is 0 Å². The Morgan fingerprint density at radius 3 is 1.83 bits per heavy atom.